The zero-order valence-electron chi connectivity index (χ0n) is 13.6. The van der Waals surface area contributed by atoms with Gasteiger partial charge in [-0.3, -0.25) is 4.79 Å². The Bertz CT molecular complexity index is 663. The monoisotopic (exact) mass is 309 g/mol. The Morgan fingerprint density at radius 3 is 2.43 bits per heavy atom. The Labute approximate surface area is 137 Å². The largest absolute Gasteiger partial charge is 0.300 e. The second-order valence-corrected chi connectivity index (χ2v) is 6.93. The summed E-state index contributed by atoms with van der Waals surface area (Å²) in [6.07, 6.45) is 9.52. The third kappa shape index (κ3) is 2.72. The number of carbonyl (C=O) groups is 1. The number of Topliss-reactive ketones (excluding diaryl/α,β-unsaturated/α-hetero) is 1. The van der Waals surface area contributed by atoms with Gasteiger partial charge < -0.3 is 4.90 Å². The first-order valence-corrected chi connectivity index (χ1v) is 8.58. The van der Waals surface area contributed by atoms with Crippen molar-refractivity contribution in [2.75, 3.05) is 7.05 Å². The van der Waals surface area contributed by atoms with Gasteiger partial charge in [0.2, 0.25) is 0 Å². The van der Waals surface area contributed by atoms with Crippen molar-refractivity contribution in [1.82, 2.24) is 14.7 Å². The summed E-state index contributed by atoms with van der Waals surface area (Å²) in [6.45, 7) is 0. The molecule has 2 atom stereocenters. The third-order valence-electron chi connectivity index (χ3n) is 5.63. The van der Waals surface area contributed by atoms with Gasteiger partial charge in [-0.15, -0.1) is 0 Å². The van der Waals surface area contributed by atoms with Crippen LogP contribution in [0.2, 0.25) is 0 Å². The van der Waals surface area contributed by atoms with Crippen molar-refractivity contribution in [3.05, 3.63) is 48.3 Å². The van der Waals surface area contributed by atoms with Crippen LogP contribution in [0.15, 0.2) is 42.7 Å². The summed E-state index contributed by atoms with van der Waals surface area (Å²) in [5.41, 5.74) is 1.83. The van der Waals surface area contributed by atoms with Crippen molar-refractivity contribution in [1.29, 1.82) is 0 Å². The van der Waals surface area contributed by atoms with E-state index in [0.717, 1.165) is 24.1 Å². The Morgan fingerprint density at radius 1 is 1.13 bits per heavy atom. The van der Waals surface area contributed by atoms with E-state index in [9.17, 15) is 4.79 Å². The van der Waals surface area contributed by atoms with Gasteiger partial charge in [0.25, 0.3) is 0 Å². The van der Waals surface area contributed by atoms with Gasteiger partial charge in [0.15, 0.2) is 5.78 Å². The number of benzene rings is 1. The maximum absolute atomic E-state index is 12.9. The molecule has 2 saturated heterocycles. The fourth-order valence-corrected chi connectivity index (χ4v) is 4.27. The van der Waals surface area contributed by atoms with Crippen LogP contribution in [0.1, 0.15) is 42.5 Å². The maximum atomic E-state index is 12.9. The van der Waals surface area contributed by atoms with Gasteiger partial charge in [0, 0.05) is 36.0 Å². The van der Waals surface area contributed by atoms with Gasteiger partial charge in [-0.1, -0.05) is 6.42 Å². The van der Waals surface area contributed by atoms with Gasteiger partial charge >= 0.3 is 0 Å². The third-order valence-corrected chi connectivity index (χ3v) is 5.63. The highest BCUT2D eigenvalue weighted by molar-refractivity contribution is 5.98. The second-order valence-electron chi connectivity index (χ2n) is 6.93. The van der Waals surface area contributed by atoms with Crippen molar-refractivity contribution in [2.24, 2.45) is 5.92 Å². The number of hydrogen-bond donors (Lipinski definition) is 0. The van der Waals surface area contributed by atoms with Gasteiger partial charge in [0.1, 0.15) is 0 Å². The van der Waals surface area contributed by atoms with Crippen molar-refractivity contribution in [2.45, 2.75) is 44.2 Å². The molecular formula is C19H23N3O. The first kappa shape index (κ1) is 14.6. The summed E-state index contributed by atoms with van der Waals surface area (Å²) < 4.78 is 1.81. The number of hydrogen-bond acceptors (Lipinski definition) is 3. The van der Waals surface area contributed by atoms with E-state index in [1.807, 2.05) is 41.2 Å². The summed E-state index contributed by atoms with van der Waals surface area (Å²) in [5.74, 6) is 0.513. The Hall–Kier alpha value is -1.94. The molecule has 2 aromatic rings. The van der Waals surface area contributed by atoms with E-state index in [-0.39, 0.29) is 5.92 Å². The zero-order valence-corrected chi connectivity index (χ0v) is 13.6. The lowest BCUT2D eigenvalue weighted by molar-refractivity contribution is 0.0338. The zero-order chi connectivity index (χ0) is 15.8. The molecule has 2 bridgehead atoms. The number of ketones is 1. The molecule has 4 rings (SSSR count). The molecule has 0 radical (unpaired) electrons. The van der Waals surface area contributed by atoms with Crippen molar-refractivity contribution in [3.63, 3.8) is 0 Å². The number of piperidine rings is 2. The summed E-state index contributed by atoms with van der Waals surface area (Å²) in [6, 6.07) is 11.0. The molecule has 2 unspecified atom stereocenters. The normalized spacial score (nSPS) is 27.8. The molecule has 0 N–H and O–H groups in total. The van der Waals surface area contributed by atoms with E-state index in [0.29, 0.717) is 17.9 Å². The Kier molecular flexibility index (Phi) is 3.77. The summed E-state index contributed by atoms with van der Waals surface area (Å²) in [4.78, 5) is 15.4. The molecule has 2 aliphatic rings. The van der Waals surface area contributed by atoms with E-state index in [2.05, 4.69) is 17.0 Å². The standard InChI is InChI=1S/C19H23N3O/c1-21-17-4-2-5-18(21)13-15(12-17)19(23)14-6-8-16(9-7-14)22-11-3-10-20-22/h3,6-11,15,17-18H,2,4-5,12-13H2,1H3. The highest BCUT2D eigenvalue weighted by Crippen LogP contribution is 2.37. The Morgan fingerprint density at radius 2 is 1.83 bits per heavy atom. The van der Waals surface area contributed by atoms with Crippen LogP contribution in [0.25, 0.3) is 5.69 Å². The van der Waals surface area contributed by atoms with Gasteiger partial charge in [-0.2, -0.15) is 5.10 Å². The predicted octanol–water partition coefficient (Wildman–Crippen LogP) is 3.32. The average Bonchev–Trinajstić information content (AvgIpc) is 3.08. The van der Waals surface area contributed by atoms with Gasteiger partial charge in [-0.05, 0) is 63.1 Å². The van der Waals surface area contributed by atoms with Crippen LogP contribution in [-0.4, -0.2) is 39.6 Å². The minimum atomic E-state index is 0.192. The quantitative estimate of drug-likeness (QED) is 0.816. The Balaban J connectivity index is 1.51. The predicted molar refractivity (Wildman–Crippen MR) is 89.8 cm³/mol. The number of fused-ring (bicyclic) bond motifs is 2. The lowest BCUT2D eigenvalue weighted by Gasteiger charge is -2.46. The number of nitrogens with zero attached hydrogens (tertiary/aromatic N) is 3. The summed E-state index contributed by atoms with van der Waals surface area (Å²) in [7, 11) is 2.23. The molecule has 2 aliphatic heterocycles. The molecule has 4 nitrogen and oxygen atoms in total. The van der Waals surface area contributed by atoms with Gasteiger partial charge in [0.05, 0.1) is 5.69 Å². The minimum absolute atomic E-state index is 0.192. The topological polar surface area (TPSA) is 38.1 Å². The van der Waals surface area contributed by atoms with Crippen LogP contribution in [0, 0.1) is 5.92 Å². The molecule has 0 amide bonds. The smallest absolute Gasteiger partial charge is 0.166 e. The van der Waals surface area contributed by atoms with E-state index >= 15 is 0 Å². The molecule has 0 saturated carbocycles. The average molecular weight is 309 g/mol. The van der Waals surface area contributed by atoms with Crippen LogP contribution in [0.3, 0.4) is 0 Å². The number of carbonyl (C=O) groups excluding carboxylic acids is 1. The van der Waals surface area contributed by atoms with Crippen molar-refractivity contribution < 1.29 is 4.79 Å². The molecule has 3 heterocycles. The molecule has 1 aromatic carbocycles. The maximum Gasteiger partial charge on any atom is 0.166 e. The van der Waals surface area contributed by atoms with Crippen LogP contribution in [0.4, 0.5) is 0 Å². The van der Waals surface area contributed by atoms with E-state index in [4.69, 9.17) is 0 Å². The minimum Gasteiger partial charge on any atom is -0.300 e. The molecule has 4 heteroatoms. The van der Waals surface area contributed by atoms with E-state index in [1.165, 1.54) is 19.3 Å². The van der Waals surface area contributed by atoms with Crippen LogP contribution in [0.5, 0.6) is 0 Å². The molecule has 23 heavy (non-hydrogen) atoms. The molecule has 0 aliphatic carbocycles. The SMILES string of the molecule is CN1C2CCCC1CC(C(=O)c1ccc(-n3cccn3)cc1)C2. The van der Waals surface area contributed by atoms with E-state index in [1.54, 1.807) is 6.20 Å². The number of rotatable bonds is 3. The lowest BCUT2D eigenvalue weighted by Crippen LogP contribution is -2.51. The molecule has 0 spiro atoms. The van der Waals surface area contributed by atoms with Crippen LogP contribution in [-0.2, 0) is 0 Å². The molecule has 1 aromatic heterocycles. The first-order chi connectivity index (χ1) is 11.2. The van der Waals surface area contributed by atoms with E-state index < -0.39 is 0 Å². The molecule has 120 valence electrons. The number of aromatic nitrogens is 2. The highest BCUT2D eigenvalue weighted by atomic mass is 16.1. The summed E-state index contributed by atoms with van der Waals surface area (Å²) in [5, 5.41) is 4.22. The van der Waals surface area contributed by atoms with Gasteiger partial charge in [-0.25, -0.2) is 4.68 Å². The highest BCUT2D eigenvalue weighted by Gasteiger charge is 2.38. The summed E-state index contributed by atoms with van der Waals surface area (Å²) >= 11 is 0. The lowest BCUT2D eigenvalue weighted by atomic mass is 9.76. The molecule has 2 fully saturated rings. The fourth-order valence-electron chi connectivity index (χ4n) is 4.27. The van der Waals surface area contributed by atoms with Crippen LogP contribution < -0.4 is 0 Å². The molecular weight excluding hydrogens is 286 g/mol. The first-order valence-electron chi connectivity index (χ1n) is 8.58. The second kappa shape index (κ2) is 5.93. The van der Waals surface area contributed by atoms with Crippen molar-refractivity contribution >= 4 is 5.78 Å². The fraction of sp³-hybridized carbons (Fsp3) is 0.474. The van der Waals surface area contributed by atoms with Crippen molar-refractivity contribution in [3.8, 4) is 5.69 Å². The van der Waals surface area contributed by atoms with Crippen LogP contribution >= 0.6 is 0 Å².